The highest BCUT2D eigenvalue weighted by atomic mass is 32.2. The first kappa shape index (κ1) is 22.8. The number of hydrogen-bond donors (Lipinski definition) is 1. The number of anilines is 1. The van der Waals surface area contributed by atoms with Crippen LogP contribution in [-0.4, -0.2) is 25.5 Å². The second-order valence-corrected chi connectivity index (χ2v) is 10.1. The molecule has 0 fully saturated rings. The molecule has 33 heavy (non-hydrogen) atoms. The van der Waals surface area contributed by atoms with E-state index in [1.807, 2.05) is 43.7 Å². The van der Waals surface area contributed by atoms with Crippen molar-refractivity contribution in [1.29, 1.82) is 0 Å². The highest BCUT2D eigenvalue weighted by Gasteiger charge is 2.15. The number of hydrogen-bond acceptors (Lipinski definition) is 5. The van der Waals surface area contributed by atoms with Crippen LogP contribution in [0.4, 0.5) is 5.69 Å². The quantitative estimate of drug-likeness (QED) is 0.439. The van der Waals surface area contributed by atoms with Gasteiger partial charge < -0.3 is 9.30 Å². The third-order valence-corrected chi connectivity index (χ3v) is 7.47. The first-order valence-electron chi connectivity index (χ1n) is 10.3. The van der Waals surface area contributed by atoms with E-state index in [2.05, 4.69) is 9.71 Å². The summed E-state index contributed by atoms with van der Waals surface area (Å²) in [5.74, 6) is 0.265. The van der Waals surface area contributed by atoms with E-state index in [1.165, 1.54) is 17.4 Å². The number of ether oxygens (including phenoxy) is 1. The summed E-state index contributed by atoms with van der Waals surface area (Å²) < 4.78 is 36.4. The Morgan fingerprint density at radius 3 is 2.55 bits per heavy atom. The van der Waals surface area contributed by atoms with E-state index in [1.54, 1.807) is 42.5 Å². The van der Waals surface area contributed by atoms with Gasteiger partial charge in [0.2, 0.25) is 0 Å². The van der Waals surface area contributed by atoms with Crippen molar-refractivity contribution in [3.05, 3.63) is 82.7 Å². The number of para-hydroxylation sites is 1. The zero-order chi connectivity index (χ0) is 23.6. The SMILES string of the molecule is CCOc1cccc2sc(=NC(=O)c3cccc(NS(=O)(=O)c4ccc(C)cc4)c3)n(C)c12. The number of nitrogens with zero attached hydrogens (tertiary/aromatic N) is 2. The van der Waals surface area contributed by atoms with Crippen LogP contribution in [0.2, 0.25) is 0 Å². The number of nitrogens with one attached hydrogen (secondary N) is 1. The summed E-state index contributed by atoms with van der Waals surface area (Å²) in [6.45, 7) is 4.34. The molecule has 0 aliphatic carbocycles. The van der Waals surface area contributed by atoms with Crippen LogP contribution in [0.15, 0.2) is 76.6 Å². The minimum Gasteiger partial charge on any atom is -0.492 e. The molecule has 4 rings (SSSR count). The van der Waals surface area contributed by atoms with Crippen LogP contribution in [-0.2, 0) is 17.1 Å². The van der Waals surface area contributed by atoms with E-state index < -0.39 is 15.9 Å². The van der Waals surface area contributed by atoms with Crippen molar-refractivity contribution in [3.63, 3.8) is 0 Å². The van der Waals surface area contributed by atoms with Gasteiger partial charge in [0.1, 0.15) is 11.3 Å². The van der Waals surface area contributed by atoms with Gasteiger partial charge in [-0.05, 0) is 56.3 Å². The van der Waals surface area contributed by atoms with Crippen molar-refractivity contribution in [3.8, 4) is 5.75 Å². The summed E-state index contributed by atoms with van der Waals surface area (Å²) >= 11 is 1.38. The van der Waals surface area contributed by atoms with Gasteiger partial charge in [0.15, 0.2) is 4.80 Å². The second kappa shape index (κ2) is 9.21. The fraction of sp³-hybridized carbons (Fsp3) is 0.167. The highest BCUT2D eigenvalue weighted by molar-refractivity contribution is 7.92. The lowest BCUT2D eigenvalue weighted by molar-refractivity contribution is 0.0998. The Morgan fingerprint density at radius 2 is 1.82 bits per heavy atom. The first-order chi connectivity index (χ1) is 15.8. The van der Waals surface area contributed by atoms with E-state index in [4.69, 9.17) is 4.74 Å². The van der Waals surface area contributed by atoms with Crippen molar-refractivity contribution in [1.82, 2.24) is 4.57 Å². The summed E-state index contributed by atoms with van der Waals surface area (Å²) in [5, 5.41) is 0. The predicted molar refractivity (Wildman–Crippen MR) is 130 cm³/mol. The minimum atomic E-state index is -3.77. The molecule has 4 aromatic rings. The molecule has 1 amide bonds. The molecule has 0 saturated heterocycles. The molecule has 1 N–H and O–H groups in total. The first-order valence-corrected chi connectivity index (χ1v) is 12.6. The molecule has 1 aromatic heterocycles. The van der Waals surface area contributed by atoms with Crippen LogP contribution < -0.4 is 14.3 Å². The zero-order valence-corrected chi connectivity index (χ0v) is 20.0. The van der Waals surface area contributed by atoms with Crippen LogP contribution in [0.3, 0.4) is 0 Å². The topological polar surface area (TPSA) is 89.8 Å². The van der Waals surface area contributed by atoms with Gasteiger partial charge in [-0.1, -0.05) is 41.2 Å². The predicted octanol–water partition coefficient (Wildman–Crippen LogP) is 4.49. The number of benzene rings is 3. The number of fused-ring (bicyclic) bond motifs is 1. The van der Waals surface area contributed by atoms with Crippen LogP contribution in [0.5, 0.6) is 5.75 Å². The lowest BCUT2D eigenvalue weighted by atomic mass is 10.2. The Morgan fingerprint density at radius 1 is 1.09 bits per heavy atom. The van der Waals surface area contributed by atoms with Crippen molar-refractivity contribution in [2.24, 2.45) is 12.0 Å². The molecule has 0 radical (unpaired) electrons. The van der Waals surface area contributed by atoms with Crippen molar-refractivity contribution in [2.45, 2.75) is 18.7 Å². The number of rotatable bonds is 6. The van der Waals surface area contributed by atoms with Crippen molar-refractivity contribution >= 4 is 43.2 Å². The van der Waals surface area contributed by atoms with Gasteiger partial charge in [0, 0.05) is 18.3 Å². The summed E-state index contributed by atoms with van der Waals surface area (Å²) in [5.41, 5.74) is 2.40. The molecule has 0 aliphatic rings. The molecule has 0 aliphatic heterocycles. The second-order valence-electron chi connectivity index (χ2n) is 7.40. The lowest BCUT2D eigenvalue weighted by Gasteiger charge is -2.09. The summed E-state index contributed by atoms with van der Waals surface area (Å²) in [4.78, 5) is 17.9. The number of aromatic nitrogens is 1. The maximum atomic E-state index is 12.9. The number of carbonyl (C=O) groups excluding carboxylic acids is 1. The zero-order valence-electron chi connectivity index (χ0n) is 18.4. The minimum absolute atomic E-state index is 0.150. The third-order valence-electron chi connectivity index (χ3n) is 4.98. The number of sulfonamides is 1. The Labute approximate surface area is 196 Å². The number of amides is 1. The van der Waals surface area contributed by atoms with E-state index in [-0.39, 0.29) is 16.1 Å². The molecule has 0 atom stereocenters. The third kappa shape index (κ3) is 4.84. The van der Waals surface area contributed by atoms with E-state index >= 15 is 0 Å². The average Bonchev–Trinajstić information content (AvgIpc) is 3.10. The molecular formula is C24H23N3O4S2. The maximum Gasteiger partial charge on any atom is 0.279 e. The van der Waals surface area contributed by atoms with E-state index in [0.717, 1.165) is 21.5 Å². The molecule has 0 saturated carbocycles. The Hall–Kier alpha value is -3.43. The number of thiazole rings is 1. The Kier molecular flexibility index (Phi) is 6.35. The summed E-state index contributed by atoms with van der Waals surface area (Å²) in [7, 11) is -1.94. The summed E-state index contributed by atoms with van der Waals surface area (Å²) in [6.07, 6.45) is 0. The van der Waals surface area contributed by atoms with Crippen LogP contribution in [0, 0.1) is 6.92 Å². The largest absolute Gasteiger partial charge is 0.492 e. The van der Waals surface area contributed by atoms with Gasteiger partial charge in [-0.15, -0.1) is 0 Å². The molecule has 0 spiro atoms. The van der Waals surface area contributed by atoms with E-state index in [0.29, 0.717) is 11.4 Å². The molecule has 9 heteroatoms. The van der Waals surface area contributed by atoms with Gasteiger partial charge in [0.25, 0.3) is 15.9 Å². The van der Waals surface area contributed by atoms with Gasteiger partial charge >= 0.3 is 0 Å². The van der Waals surface area contributed by atoms with Gasteiger partial charge in [-0.3, -0.25) is 9.52 Å². The number of aryl methyl sites for hydroxylation is 2. The smallest absolute Gasteiger partial charge is 0.279 e. The molecule has 170 valence electrons. The fourth-order valence-corrected chi connectivity index (χ4v) is 5.43. The highest BCUT2D eigenvalue weighted by Crippen LogP contribution is 2.27. The normalized spacial score (nSPS) is 12.2. The van der Waals surface area contributed by atoms with Gasteiger partial charge in [-0.2, -0.15) is 4.99 Å². The Balaban J connectivity index is 1.65. The molecule has 0 bridgehead atoms. The number of carbonyl (C=O) groups is 1. The van der Waals surface area contributed by atoms with Crippen LogP contribution in [0.25, 0.3) is 10.2 Å². The van der Waals surface area contributed by atoms with Crippen LogP contribution in [0.1, 0.15) is 22.8 Å². The van der Waals surface area contributed by atoms with Crippen LogP contribution >= 0.6 is 11.3 Å². The maximum absolute atomic E-state index is 12.9. The Bertz CT molecular complexity index is 1500. The molecule has 3 aromatic carbocycles. The summed E-state index contributed by atoms with van der Waals surface area (Å²) in [6, 6.07) is 18.6. The molecule has 1 heterocycles. The van der Waals surface area contributed by atoms with Gasteiger partial charge in [0.05, 0.1) is 16.2 Å². The average molecular weight is 482 g/mol. The monoisotopic (exact) mass is 481 g/mol. The molecule has 0 unspecified atom stereocenters. The van der Waals surface area contributed by atoms with Gasteiger partial charge in [-0.25, -0.2) is 8.42 Å². The fourth-order valence-electron chi connectivity index (χ4n) is 3.35. The van der Waals surface area contributed by atoms with Crippen molar-refractivity contribution in [2.75, 3.05) is 11.3 Å². The van der Waals surface area contributed by atoms with E-state index in [9.17, 15) is 13.2 Å². The van der Waals surface area contributed by atoms with Crippen molar-refractivity contribution < 1.29 is 17.9 Å². The molecular weight excluding hydrogens is 458 g/mol. The standard InChI is InChI=1S/C24H23N3O4S2/c1-4-31-20-9-6-10-21-22(20)27(3)24(32-21)25-23(28)17-7-5-8-18(15-17)26-33(29,30)19-13-11-16(2)12-14-19/h5-15,26H,4H2,1-3H3. The molecule has 7 nitrogen and oxygen atoms in total. The lowest BCUT2D eigenvalue weighted by Crippen LogP contribution is -2.15.